The predicted octanol–water partition coefficient (Wildman–Crippen LogP) is 2.34. The molecule has 2 N–H and O–H groups in total. The van der Waals surface area contributed by atoms with E-state index < -0.39 is 29.2 Å². The minimum Gasteiger partial charge on any atom is -0.458 e. The molecule has 0 bridgehead atoms. The second-order valence-corrected chi connectivity index (χ2v) is 13.4. The Bertz CT molecular complexity index is 1120. The highest BCUT2D eigenvalue weighted by Crippen LogP contribution is 2.69. The second-order valence-electron chi connectivity index (χ2n) is 13.4. The molecule has 0 aromatic rings. The summed E-state index contributed by atoms with van der Waals surface area (Å²) in [5, 5.41) is 24.4. The van der Waals surface area contributed by atoms with Crippen molar-refractivity contribution < 1.29 is 43.4 Å². The van der Waals surface area contributed by atoms with Gasteiger partial charge in [-0.2, -0.15) is 0 Å². The summed E-state index contributed by atoms with van der Waals surface area (Å²) < 4.78 is 36.2. The Kier molecular flexibility index (Phi) is 5.09. The van der Waals surface area contributed by atoms with Gasteiger partial charge in [-0.25, -0.2) is 4.79 Å². The van der Waals surface area contributed by atoms with E-state index in [4.69, 9.17) is 28.4 Å². The Hall–Kier alpha value is -1.33. The van der Waals surface area contributed by atoms with E-state index in [9.17, 15) is 15.0 Å². The SMILES string of the molecule is CC12CC3OC45OCOC4CCOC5OC3C=C1CCC1C2C(O)CC2(C)C(C3=CC(=O)OC3)CCC12O. The van der Waals surface area contributed by atoms with Crippen LogP contribution in [0.25, 0.3) is 0 Å². The van der Waals surface area contributed by atoms with Crippen molar-refractivity contribution >= 4 is 5.97 Å². The zero-order chi connectivity index (χ0) is 26.1. The normalized spacial score (nSPS) is 56.9. The molecule has 4 aliphatic heterocycles. The highest BCUT2D eigenvalue weighted by molar-refractivity contribution is 5.85. The third-order valence-electron chi connectivity index (χ3n) is 11.9. The van der Waals surface area contributed by atoms with E-state index in [0.29, 0.717) is 38.9 Å². The summed E-state index contributed by atoms with van der Waals surface area (Å²) in [6.07, 6.45) is 6.87. The lowest BCUT2D eigenvalue weighted by Gasteiger charge is -2.64. The quantitative estimate of drug-likeness (QED) is 0.390. The average Bonchev–Trinajstić information content (AvgIpc) is 3.55. The lowest BCUT2D eigenvalue weighted by Crippen LogP contribution is -2.69. The summed E-state index contributed by atoms with van der Waals surface area (Å²) in [7, 11) is 0. The average molecular weight is 531 g/mol. The van der Waals surface area contributed by atoms with Gasteiger partial charge in [-0.3, -0.25) is 0 Å². The van der Waals surface area contributed by atoms with Crippen molar-refractivity contribution in [2.45, 2.75) is 101 Å². The molecule has 12 unspecified atom stereocenters. The van der Waals surface area contributed by atoms with Gasteiger partial charge in [0.25, 0.3) is 0 Å². The van der Waals surface area contributed by atoms with Crippen LogP contribution in [0.5, 0.6) is 0 Å². The Labute approximate surface area is 222 Å². The van der Waals surface area contributed by atoms with Crippen LogP contribution in [-0.2, 0) is 33.2 Å². The summed E-state index contributed by atoms with van der Waals surface area (Å²) in [4.78, 5) is 11.9. The first-order chi connectivity index (χ1) is 18.2. The third kappa shape index (κ3) is 2.94. The van der Waals surface area contributed by atoms with Crippen molar-refractivity contribution in [3.8, 4) is 0 Å². The molecular formula is C29H38O9. The van der Waals surface area contributed by atoms with Crippen molar-refractivity contribution in [1.82, 2.24) is 0 Å². The van der Waals surface area contributed by atoms with Crippen LogP contribution in [0, 0.1) is 28.6 Å². The van der Waals surface area contributed by atoms with E-state index in [-0.39, 0.29) is 54.2 Å². The molecule has 8 rings (SSSR count). The molecule has 0 radical (unpaired) electrons. The van der Waals surface area contributed by atoms with Gasteiger partial charge in [0.1, 0.15) is 18.8 Å². The Balaban J connectivity index is 1.13. The summed E-state index contributed by atoms with van der Waals surface area (Å²) in [5.74, 6) is -1.48. The minimum absolute atomic E-state index is 0.0314. The van der Waals surface area contributed by atoms with Crippen LogP contribution in [0.3, 0.4) is 0 Å². The number of hydrogen-bond donors (Lipinski definition) is 2. The smallest absolute Gasteiger partial charge is 0.331 e. The van der Waals surface area contributed by atoms with Crippen LogP contribution in [0.15, 0.2) is 23.3 Å². The molecule has 8 aliphatic rings. The molecule has 208 valence electrons. The van der Waals surface area contributed by atoms with Crippen LogP contribution in [-0.4, -0.2) is 78.3 Å². The first-order valence-corrected chi connectivity index (χ1v) is 14.4. The lowest BCUT2D eigenvalue weighted by atomic mass is 9.44. The second kappa shape index (κ2) is 7.90. The first kappa shape index (κ1) is 24.5. The van der Waals surface area contributed by atoms with E-state index in [1.807, 2.05) is 0 Å². The number of ether oxygens (including phenoxy) is 6. The maximum atomic E-state index is 12.5. The maximum absolute atomic E-state index is 12.5. The van der Waals surface area contributed by atoms with Gasteiger partial charge in [0, 0.05) is 17.9 Å². The van der Waals surface area contributed by atoms with Gasteiger partial charge in [-0.15, -0.1) is 0 Å². The highest BCUT2D eigenvalue weighted by Gasteiger charge is 2.71. The maximum Gasteiger partial charge on any atom is 0.331 e. The van der Waals surface area contributed by atoms with Gasteiger partial charge in [0.2, 0.25) is 12.1 Å². The van der Waals surface area contributed by atoms with Gasteiger partial charge in [0.05, 0.1) is 24.4 Å². The number of aliphatic hydroxyl groups is 2. The summed E-state index contributed by atoms with van der Waals surface area (Å²) >= 11 is 0. The van der Waals surface area contributed by atoms with Gasteiger partial charge in [0.15, 0.2) is 6.79 Å². The standard InChI is InChI=1S/C29H38O9/c1-26-12-21-20(37-25-29(38-21)22(6-8-33-25)35-14-36-29)10-16(26)3-4-18-24(26)19(30)11-27(2)17(5-7-28(18,27)32)15-9-23(31)34-13-15/h9-10,17-22,24-25,30,32H,3-8,11-14H2,1-2H3. The summed E-state index contributed by atoms with van der Waals surface area (Å²) in [6, 6.07) is 0. The van der Waals surface area contributed by atoms with E-state index in [2.05, 4.69) is 19.9 Å². The summed E-state index contributed by atoms with van der Waals surface area (Å²) in [6.45, 7) is 5.36. The Morgan fingerprint density at radius 2 is 1.97 bits per heavy atom. The van der Waals surface area contributed by atoms with Gasteiger partial charge in [-0.1, -0.05) is 25.5 Å². The van der Waals surface area contributed by atoms with Crippen LogP contribution in [0.2, 0.25) is 0 Å². The molecule has 38 heavy (non-hydrogen) atoms. The fourth-order valence-corrected chi connectivity index (χ4v) is 10.2. The number of rotatable bonds is 1. The molecule has 4 aliphatic carbocycles. The predicted molar refractivity (Wildman–Crippen MR) is 130 cm³/mol. The van der Waals surface area contributed by atoms with Gasteiger partial charge < -0.3 is 38.6 Å². The van der Waals surface area contributed by atoms with Gasteiger partial charge in [-0.05, 0) is 67.3 Å². The van der Waals surface area contributed by atoms with Crippen molar-refractivity contribution in [3.63, 3.8) is 0 Å². The zero-order valence-corrected chi connectivity index (χ0v) is 22.1. The van der Waals surface area contributed by atoms with Crippen molar-refractivity contribution in [2.24, 2.45) is 28.6 Å². The molecule has 6 fully saturated rings. The molecule has 0 aromatic heterocycles. The molecule has 0 amide bonds. The minimum atomic E-state index is -1.05. The molecule has 9 heteroatoms. The van der Waals surface area contributed by atoms with Crippen LogP contribution < -0.4 is 0 Å². The molecular weight excluding hydrogens is 492 g/mol. The Morgan fingerprint density at radius 3 is 2.79 bits per heavy atom. The van der Waals surface area contributed by atoms with Crippen molar-refractivity contribution in [2.75, 3.05) is 20.0 Å². The van der Waals surface area contributed by atoms with Crippen molar-refractivity contribution in [3.05, 3.63) is 23.3 Å². The molecule has 3 saturated carbocycles. The summed E-state index contributed by atoms with van der Waals surface area (Å²) in [5.41, 5.74) is 0.473. The number of esters is 1. The molecule has 0 aromatic carbocycles. The largest absolute Gasteiger partial charge is 0.458 e. The number of aliphatic hydroxyl groups excluding tert-OH is 1. The fraction of sp³-hybridized carbons (Fsp3) is 0.828. The van der Waals surface area contributed by atoms with E-state index in [0.717, 1.165) is 24.8 Å². The van der Waals surface area contributed by atoms with E-state index >= 15 is 0 Å². The zero-order valence-electron chi connectivity index (χ0n) is 22.1. The molecule has 4 heterocycles. The van der Waals surface area contributed by atoms with Crippen molar-refractivity contribution in [1.29, 1.82) is 0 Å². The van der Waals surface area contributed by atoms with E-state index in [1.54, 1.807) is 6.08 Å². The topological polar surface area (TPSA) is 113 Å². The van der Waals surface area contributed by atoms with Crippen LogP contribution in [0.1, 0.15) is 58.8 Å². The number of fused-ring (bicyclic) bond motifs is 6. The highest BCUT2D eigenvalue weighted by atomic mass is 16.9. The number of carbonyl (C=O) groups is 1. The molecule has 12 atom stereocenters. The monoisotopic (exact) mass is 530 g/mol. The number of carbonyl (C=O) groups excluding carboxylic acids is 1. The van der Waals surface area contributed by atoms with Crippen LogP contribution in [0.4, 0.5) is 0 Å². The fourth-order valence-electron chi connectivity index (χ4n) is 10.2. The van der Waals surface area contributed by atoms with Crippen LogP contribution >= 0.6 is 0 Å². The molecule has 3 saturated heterocycles. The molecule has 9 nitrogen and oxygen atoms in total. The van der Waals surface area contributed by atoms with Gasteiger partial charge >= 0.3 is 5.97 Å². The van der Waals surface area contributed by atoms with E-state index in [1.165, 1.54) is 5.57 Å². The number of hydrogen-bond acceptors (Lipinski definition) is 9. The first-order valence-electron chi connectivity index (χ1n) is 14.4. The molecule has 1 spiro atoms. The lowest BCUT2D eigenvalue weighted by molar-refractivity contribution is -0.422. The number of cyclic esters (lactones) is 1. The third-order valence-corrected chi connectivity index (χ3v) is 11.9. The number of allylic oxidation sites excluding steroid dienone is 1. The Morgan fingerprint density at radius 1 is 1.11 bits per heavy atom.